The highest BCUT2D eigenvalue weighted by atomic mass is 35.5. The lowest BCUT2D eigenvalue weighted by Crippen LogP contribution is -2.36. The average molecular weight is 376 g/mol. The minimum Gasteiger partial charge on any atom is -0.325 e. The van der Waals surface area contributed by atoms with Gasteiger partial charge in [0.05, 0.1) is 11.1 Å². The van der Waals surface area contributed by atoms with Crippen molar-refractivity contribution in [1.29, 1.82) is 0 Å². The van der Waals surface area contributed by atoms with Gasteiger partial charge < -0.3 is 11.1 Å². The third kappa shape index (κ3) is 5.17. The molecule has 0 unspecified atom stereocenters. The van der Waals surface area contributed by atoms with Crippen molar-refractivity contribution >= 4 is 33.2 Å². The molecule has 0 aromatic heterocycles. The molecule has 0 aliphatic heterocycles. The maximum atomic E-state index is 12.6. The van der Waals surface area contributed by atoms with Gasteiger partial charge in [-0.15, -0.1) is 0 Å². The normalized spacial score (nSPS) is 13.3. The molecule has 0 fully saturated rings. The van der Waals surface area contributed by atoms with Crippen LogP contribution in [0.5, 0.6) is 0 Å². The van der Waals surface area contributed by atoms with Gasteiger partial charge in [0.2, 0.25) is 15.9 Å². The van der Waals surface area contributed by atoms with Crippen molar-refractivity contribution in [2.45, 2.75) is 45.1 Å². The summed E-state index contributed by atoms with van der Waals surface area (Å²) < 4.78 is 26.6. The lowest BCUT2D eigenvalue weighted by Gasteiger charge is -2.20. The first-order chi connectivity index (χ1) is 11.1. The van der Waals surface area contributed by atoms with E-state index in [1.807, 2.05) is 13.8 Å². The first kappa shape index (κ1) is 20.9. The van der Waals surface area contributed by atoms with Crippen molar-refractivity contribution in [3.05, 3.63) is 23.2 Å². The van der Waals surface area contributed by atoms with Gasteiger partial charge in [0, 0.05) is 18.8 Å². The molecule has 0 saturated carbocycles. The van der Waals surface area contributed by atoms with E-state index in [1.165, 1.54) is 16.4 Å². The van der Waals surface area contributed by atoms with E-state index in [4.69, 9.17) is 17.3 Å². The van der Waals surface area contributed by atoms with Crippen LogP contribution in [0.2, 0.25) is 5.02 Å². The van der Waals surface area contributed by atoms with E-state index in [2.05, 4.69) is 5.32 Å². The fraction of sp³-hybridized carbons (Fsp3) is 0.562. The summed E-state index contributed by atoms with van der Waals surface area (Å²) in [4.78, 5) is 12.1. The molecule has 0 aliphatic rings. The zero-order chi connectivity index (χ0) is 18.5. The lowest BCUT2D eigenvalue weighted by molar-refractivity contribution is -0.117. The average Bonchev–Trinajstić information content (AvgIpc) is 2.49. The van der Waals surface area contributed by atoms with Crippen molar-refractivity contribution in [3.8, 4) is 0 Å². The molecule has 0 saturated heterocycles. The van der Waals surface area contributed by atoms with Crippen LogP contribution in [-0.2, 0) is 14.8 Å². The molecule has 1 atom stereocenters. The smallest absolute Gasteiger partial charge is 0.244 e. The molecule has 0 heterocycles. The van der Waals surface area contributed by atoms with E-state index in [0.29, 0.717) is 25.2 Å². The Morgan fingerprint density at radius 2 is 1.88 bits per heavy atom. The van der Waals surface area contributed by atoms with E-state index >= 15 is 0 Å². The summed E-state index contributed by atoms with van der Waals surface area (Å²) in [6.07, 6.45) is 0.546. The van der Waals surface area contributed by atoms with E-state index < -0.39 is 16.1 Å². The van der Waals surface area contributed by atoms with Crippen LogP contribution in [0.15, 0.2) is 23.1 Å². The van der Waals surface area contributed by atoms with Crippen LogP contribution >= 0.6 is 11.6 Å². The maximum absolute atomic E-state index is 12.6. The third-order valence-corrected chi connectivity index (χ3v) is 6.12. The number of carbonyl (C=O) groups is 1. The Labute approximate surface area is 149 Å². The molecule has 6 nitrogen and oxygen atoms in total. The largest absolute Gasteiger partial charge is 0.325 e. The molecule has 3 N–H and O–H groups in total. The highest BCUT2D eigenvalue weighted by Crippen LogP contribution is 2.27. The van der Waals surface area contributed by atoms with E-state index in [9.17, 15) is 13.2 Å². The first-order valence-corrected chi connectivity index (χ1v) is 9.81. The molecular formula is C16H26ClN3O3S. The van der Waals surface area contributed by atoms with Gasteiger partial charge in [0.1, 0.15) is 4.90 Å². The van der Waals surface area contributed by atoms with Crippen molar-refractivity contribution in [1.82, 2.24) is 4.31 Å². The summed E-state index contributed by atoms with van der Waals surface area (Å²) in [5.74, 6) is -0.0632. The number of benzene rings is 1. The second-order valence-corrected chi connectivity index (χ2v) is 8.27. The molecule has 1 aromatic carbocycles. The molecule has 0 aliphatic carbocycles. The molecule has 8 heteroatoms. The van der Waals surface area contributed by atoms with E-state index in [0.717, 1.165) is 0 Å². The van der Waals surface area contributed by atoms with Gasteiger partial charge in [-0.25, -0.2) is 8.42 Å². The Balaban J connectivity index is 3.08. The van der Waals surface area contributed by atoms with Gasteiger partial charge in [-0.3, -0.25) is 4.79 Å². The molecule has 1 amide bonds. The summed E-state index contributed by atoms with van der Waals surface area (Å²) in [5.41, 5.74) is 6.20. The Morgan fingerprint density at radius 3 is 2.38 bits per heavy atom. The SMILES string of the molecule is CCN(CC)S(=O)(=O)c1cc(NC(=O)[C@@H](N)CC(C)C)ccc1Cl. The van der Waals surface area contributed by atoms with Crippen LogP contribution in [0, 0.1) is 5.92 Å². The summed E-state index contributed by atoms with van der Waals surface area (Å²) >= 11 is 6.06. The number of amides is 1. The highest BCUT2D eigenvalue weighted by molar-refractivity contribution is 7.89. The Morgan fingerprint density at radius 1 is 1.29 bits per heavy atom. The number of halogens is 1. The van der Waals surface area contributed by atoms with Gasteiger partial charge in [-0.1, -0.05) is 39.3 Å². The predicted octanol–water partition coefficient (Wildman–Crippen LogP) is 2.68. The van der Waals surface area contributed by atoms with Crippen LogP contribution in [0.25, 0.3) is 0 Å². The Hall–Kier alpha value is -1.15. The number of nitrogens with one attached hydrogen (secondary N) is 1. The van der Waals surface area contributed by atoms with E-state index in [-0.39, 0.29) is 21.7 Å². The molecule has 24 heavy (non-hydrogen) atoms. The fourth-order valence-electron chi connectivity index (χ4n) is 2.33. The maximum Gasteiger partial charge on any atom is 0.244 e. The quantitative estimate of drug-likeness (QED) is 0.730. The number of hydrogen-bond donors (Lipinski definition) is 2. The summed E-state index contributed by atoms with van der Waals surface area (Å²) in [6.45, 7) is 8.14. The number of carbonyl (C=O) groups excluding carboxylic acids is 1. The van der Waals surface area contributed by atoms with Crippen LogP contribution in [0.3, 0.4) is 0 Å². The number of rotatable bonds is 8. The van der Waals surface area contributed by atoms with Crippen molar-refractivity contribution < 1.29 is 13.2 Å². The molecule has 0 bridgehead atoms. The Bertz CT molecular complexity index is 673. The molecule has 0 spiro atoms. The molecule has 136 valence electrons. The molecule has 0 radical (unpaired) electrons. The van der Waals surface area contributed by atoms with Crippen LogP contribution in [-0.4, -0.2) is 37.8 Å². The summed E-state index contributed by atoms with van der Waals surface area (Å²) in [5, 5.41) is 2.77. The fourth-order valence-corrected chi connectivity index (χ4v) is 4.29. The Kier molecular flexibility index (Phi) is 7.66. The summed E-state index contributed by atoms with van der Waals surface area (Å²) in [6, 6.07) is 3.74. The second kappa shape index (κ2) is 8.80. The minimum atomic E-state index is -3.71. The van der Waals surface area contributed by atoms with Gasteiger partial charge in [-0.2, -0.15) is 4.31 Å². The lowest BCUT2D eigenvalue weighted by atomic mass is 10.0. The van der Waals surface area contributed by atoms with Crippen LogP contribution in [0.1, 0.15) is 34.1 Å². The van der Waals surface area contributed by atoms with Gasteiger partial charge in [-0.05, 0) is 30.5 Å². The predicted molar refractivity (Wildman–Crippen MR) is 97.6 cm³/mol. The monoisotopic (exact) mass is 375 g/mol. The summed E-state index contributed by atoms with van der Waals surface area (Å²) in [7, 11) is -3.71. The zero-order valence-electron chi connectivity index (χ0n) is 14.5. The van der Waals surface area contributed by atoms with Crippen LogP contribution in [0.4, 0.5) is 5.69 Å². The van der Waals surface area contributed by atoms with Crippen LogP contribution < -0.4 is 11.1 Å². The number of anilines is 1. The van der Waals surface area contributed by atoms with Gasteiger partial charge in [0.25, 0.3) is 0 Å². The van der Waals surface area contributed by atoms with E-state index in [1.54, 1.807) is 19.9 Å². The number of hydrogen-bond acceptors (Lipinski definition) is 4. The number of nitrogens with two attached hydrogens (primary N) is 1. The van der Waals surface area contributed by atoms with Gasteiger partial charge in [0.15, 0.2) is 0 Å². The first-order valence-electron chi connectivity index (χ1n) is 7.99. The molecule has 1 rings (SSSR count). The molecular weight excluding hydrogens is 350 g/mol. The van der Waals surface area contributed by atoms with Gasteiger partial charge >= 0.3 is 0 Å². The number of nitrogens with zero attached hydrogens (tertiary/aromatic N) is 1. The second-order valence-electron chi connectivity index (χ2n) is 5.96. The highest BCUT2D eigenvalue weighted by Gasteiger charge is 2.25. The number of sulfonamides is 1. The topological polar surface area (TPSA) is 92.5 Å². The standard InChI is InChI=1S/C16H26ClN3O3S/c1-5-20(6-2)24(22,23)15-10-12(7-8-13(15)17)19-16(21)14(18)9-11(3)4/h7-8,10-11,14H,5-6,9,18H2,1-4H3,(H,19,21)/t14-/m0/s1. The zero-order valence-corrected chi connectivity index (χ0v) is 16.1. The third-order valence-electron chi connectivity index (χ3n) is 3.58. The molecule has 1 aromatic rings. The van der Waals surface area contributed by atoms with Crippen molar-refractivity contribution in [2.24, 2.45) is 11.7 Å². The van der Waals surface area contributed by atoms with Crippen molar-refractivity contribution in [2.75, 3.05) is 18.4 Å². The minimum absolute atomic E-state index is 0.0249. The van der Waals surface area contributed by atoms with Crippen molar-refractivity contribution in [3.63, 3.8) is 0 Å².